The fraction of sp³-hybridized carbons (Fsp3) is 0.429. The van der Waals surface area contributed by atoms with Crippen molar-refractivity contribution in [2.45, 2.75) is 13.8 Å². The van der Waals surface area contributed by atoms with E-state index in [4.69, 9.17) is 17.0 Å². The van der Waals surface area contributed by atoms with Crippen LogP contribution in [0, 0.1) is 0 Å². The van der Waals surface area contributed by atoms with Crippen LogP contribution in [-0.2, 0) is 4.74 Å². The van der Waals surface area contributed by atoms with Gasteiger partial charge in [0.2, 0.25) is 0 Å². The number of benzene rings is 1. The molecule has 0 heterocycles. The molecule has 116 valence electrons. The van der Waals surface area contributed by atoms with E-state index in [0.717, 1.165) is 13.1 Å². The third-order valence-electron chi connectivity index (χ3n) is 2.78. The monoisotopic (exact) mass is 311 g/mol. The number of phenolic OH excluding ortho intramolecular Hbond substituents is 2. The Morgan fingerprint density at radius 1 is 1.19 bits per heavy atom. The molecule has 21 heavy (non-hydrogen) atoms. The van der Waals surface area contributed by atoms with Crippen LogP contribution < -0.4 is 0 Å². The van der Waals surface area contributed by atoms with Gasteiger partial charge in [0.1, 0.15) is 11.5 Å². The highest BCUT2D eigenvalue weighted by Gasteiger charge is 2.15. The molecule has 0 saturated heterocycles. The van der Waals surface area contributed by atoms with E-state index in [1.165, 1.54) is 18.2 Å². The predicted octanol–water partition coefficient (Wildman–Crippen LogP) is 2.29. The average Bonchev–Trinajstić information content (AvgIpc) is 2.42. The second-order valence-corrected chi connectivity index (χ2v) is 4.82. The summed E-state index contributed by atoms with van der Waals surface area (Å²) < 4.78 is 5.58. The number of hydrogen-bond donors (Lipinski definition) is 2. The number of aromatic hydroxyl groups is 2. The number of aliphatic imine (C=N–C) groups is 1. The van der Waals surface area contributed by atoms with Crippen LogP contribution in [0.1, 0.15) is 13.8 Å². The molecule has 0 bridgehead atoms. The molecule has 2 N–H and O–H groups in total. The fourth-order valence-corrected chi connectivity index (χ4v) is 1.90. The maximum atomic E-state index is 9.77. The van der Waals surface area contributed by atoms with Gasteiger partial charge in [0.15, 0.2) is 5.69 Å². The summed E-state index contributed by atoms with van der Waals surface area (Å²) in [6, 6.07) is 4.59. The molecule has 1 aromatic carbocycles. The lowest BCUT2D eigenvalue weighted by molar-refractivity contribution is 0.339. The molecular formula is C14H21N3O3S. The topological polar surface area (TPSA) is 68.5 Å². The van der Waals surface area contributed by atoms with E-state index in [1.807, 2.05) is 18.7 Å². The Hall–Kier alpha value is -2.02. The molecule has 6 nitrogen and oxygen atoms in total. The molecule has 0 radical (unpaired) electrons. The van der Waals surface area contributed by atoms with Crippen molar-refractivity contribution in [3.05, 3.63) is 18.2 Å². The number of amidine groups is 1. The average molecular weight is 311 g/mol. The molecule has 0 atom stereocenters. The number of ether oxygens (including phenoxy) is 1. The Morgan fingerprint density at radius 3 is 2.14 bits per heavy atom. The molecule has 0 aliphatic heterocycles. The van der Waals surface area contributed by atoms with Crippen LogP contribution >= 0.6 is 12.2 Å². The van der Waals surface area contributed by atoms with Crippen molar-refractivity contribution in [1.29, 1.82) is 0 Å². The summed E-state index contributed by atoms with van der Waals surface area (Å²) in [6.45, 7) is 5.39. The quantitative estimate of drug-likeness (QED) is 0.507. The van der Waals surface area contributed by atoms with Gasteiger partial charge in [-0.25, -0.2) is 0 Å². The van der Waals surface area contributed by atoms with E-state index >= 15 is 0 Å². The first kappa shape index (κ1) is 17.0. The zero-order chi connectivity index (χ0) is 16.0. The lowest BCUT2D eigenvalue weighted by atomic mass is 10.3. The Labute approximate surface area is 130 Å². The molecule has 1 rings (SSSR count). The van der Waals surface area contributed by atoms with E-state index in [9.17, 15) is 10.2 Å². The summed E-state index contributed by atoms with van der Waals surface area (Å²) in [5.41, 5.74) is 0.0450. The third kappa shape index (κ3) is 4.49. The maximum Gasteiger partial charge on any atom is 0.299 e. The van der Waals surface area contributed by atoms with Crippen molar-refractivity contribution in [2.75, 3.05) is 27.2 Å². The third-order valence-corrected chi connectivity index (χ3v) is 3.13. The highest BCUT2D eigenvalue weighted by atomic mass is 32.1. The van der Waals surface area contributed by atoms with Crippen molar-refractivity contribution >= 4 is 29.1 Å². The first-order chi connectivity index (χ1) is 9.90. The van der Waals surface area contributed by atoms with Crippen molar-refractivity contribution in [1.82, 2.24) is 9.80 Å². The second kappa shape index (κ2) is 7.68. The van der Waals surface area contributed by atoms with Gasteiger partial charge in [-0.3, -0.25) is 0 Å². The molecule has 0 spiro atoms. The number of hydrogen-bond acceptors (Lipinski definition) is 5. The van der Waals surface area contributed by atoms with Crippen molar-refractivity contribution in [3.63, 3.8) is 0 Å². The molecular weight excluding hydrogens is 290 g/mol. The van der Waals surface area contributed by atoms with E-state index in [-0.39, 0.29) is 23.2 Å². The summed E-state index contributed by atoms with van der Waals surface area (Å²) >= 11 is 5.22. The number of phenols is 2. The van der Waals surface area contributed by atoms with E-state index in [0.29, 0.717) is 5.17 Å². The summed E-state index contributed by atoms with van der Waals surface area (Å²) in [6.07, 6.45) is 0. The van der Waals surface area contributed by atoms with Gasteiger partial charge in [-0.15, -0.1) is 0 Å². The highest BCUT2D eigenvalue weighted by Crippen LogP contribution is 2.35. The minimum Gasteiger partial charge on any atom is -0.506 e. The molecule has 0 aliphatic rings. The Morgan fingerprint density at radius 2 is 1.71 bits per heavy atom. The van der Waals surface area contributed by atoms with E-state index in [2.05, 4.69) is 4.99 Å². The number of para-hydroxylation sites is 1. The van der Waals surface area contributed by atoms with Gasteiger partial charge < -0.3 is 24.7 Å². The van der Waals surface area contributed by atoms with Crippen LogP contribution in [0.15, 0.2) is 23.2 Å². The van der Waals surface area contributed by atoms with Crippen LogP contribution in [0.5, 0.6) is 11.5 Å². The van der Waals surface area contributed by atoms with Gasteiger partial charge in [-0.05, 0) is 38.2 Å². The Bertz CT molecular complexity index is 508. The maximum absolute atomic E-state index is 9.77. The Balaban J connectivity index is 3.07. The van der Waals surface area contributed by atoms with Gasteiger partial charge in [0, 0.05) is 27.2 Å². The molecule has 0 amide bonds. The minimum atomic E-state index is -0.133. The Kier molecular flexibility index (Phi) is 6.23. The molecule has 0 fully saturated rings. The van der Waals surface area contributed by atoms with E-state index < -0.39 is 0 Å². The van der Waals surface area contributed by atoms with Crippen molar-refractivity contribution in [2.24, 2.45) is 4.99 Å². The van der Waals surface area contributed by atoms with Crippen LogP contribution in [0.2, 0.25) is 0 Å². The second-order valence-electron chi connectivity index (χ2n) is 4.47. The lowest BCUT2D eigenvalue weighted by Crippen LogP contribution is -2.36. The minimum absolute atomic E-state index is 0.0450. The number of nitrogens with zero attached hydrogens (tertiary/aromatic N) is 3. The van der Waals surface area contributed by atoms with Gasteiger partial charge in [0.05, 0.1) is 0 Å². The summed E-state index contributed by atoms with van der Waals surface area (Å²) in [5, 5.41) is 19.8. The van der Waals surface area contributed by atoms with Crippen LogP contribution in [0.25, 0.3) is 0 Å². The molecule has 0 aromatic heterocycles. The lowest BCUT2D eigenvalue weighted by Gasteiger charge is -2.23. The van der Waals surface area contributed by atoms with Crippen LogP contribution in [-0.4, -0.2) is 58.4 Å². The summed E-state index contributed by atoms with van der Waals surface area (Å²) in [7, 11) is 3.47. The first-order valence-corrected chi connectivity index (χ1v) is 7.05. The standard InChI is InChI=1S/C14H21N3O3S/c1-5-17(6-2)14(21)20-13(16(3)4)15-12-10(18)8-7-9-11(12)19/h7-9,18-19H,5-6H2,1-4H3. The predicted molar refractivity (Wildman–Crippen MR) is 87.2 cm³/mol. The largest absolute Gasteiger partial charge is 0.506 e. The zero-order valence-corrected chi connectivity index (χ0v) is 13.5. The first-order valence-electron chi connectivity index (χ1n) is 6.64. The zero-order valence-electron chi connectivity index (χ0n) is 12.7. The summed E-state index contributed by atoms with van der Waals surface area (Å²) in [4.78, 5) is 7.63. The van der Waals surface area contributed by atoms with Gasteiger partial charge in [-0.1, -0.05) is 6.07 Å². The number of thiocarbonyl (C=S) groups is 1. The van der Waals surface area contributed by atoms with Gasteiger partial charge >= 0.3 is 0 Å². The van der Waals surface area contributed by atoms with E-state index in [1.54, 1.807) is 19.0 Å². The van der Waals surface area contributed by atoms with Crippen LogP contribution in [0.4, 0.5) is 5.69 Å². The fourth-order valence-electron chi connectivity index (χ4n) is 1.57. The molecule has 1 aromatic rings. The normalized spacial score (nSPS) is 11.1. The molecule has 0 aliphatic carbocycles. The summed E-state index contributed by atoms with van der Waals surface area (Å²) in [5.74, 6) is -0.265. The highest BCUT2D eigenvalue weighted by molar-refractivity contribution is 7.80. The molecule has 0 saturated carbocycles. The molecule has 7 heteroatoms. The van der Waals surface area contributed by atoms with Gasteiger partial charge in [-0.2, -0.15) is 4.99 Å². The SMILES string of the molecule is CCN(CC)C(=S)OC(=Nc1c(O)cccc1O)N(C)C. The van der Waals surface area contributed by atoms with Crippen LogP contribution in [0.3, 0.4) is 0 Å². The van der Waals surface area contributed by atoms with Crippen molar-refractivity contribution in [3.8, 4) is 11.5 Å². The van der Waals surface area contributed by atoms with Crippen molar-refractivity contribution < 1.29 is 14.9 Å². The smallest absolute Gasteiger partial charge is 0.299 e. The molecule has 0 unspecified atom stereocenters. The number of rotatable bonds is 3. The van der Waals surface area contributed by atoms with Gasteiger partial charge in [0.25, 0.3) is 11.2 Å².